The predicted molar refractivity (Wildman–Crippen MR) is 54.9 cm³/mol. The van der Waals surface area contributed by atoms with Crippen molar-refractivity contribution in [3.05, 3.63) is 24.3 Å². The molecule has 1 saturated heterocycles. The number of amides is 1. The minimum atomic E-state index is -0.333. The van der Waals surface area contributed by atoms with Crippen LogP contribution in [0.5, 0.6) is 0 Å². The second kappa shape index (κ2) is 3.58. The van der Waals surface area contributed by atoms with Gasteiger partial charge in [-0.05, 0) is 0 Å². The molecule has 1 aliphatic heterocycles. The Bertz CT molecular complexity index is 367. The summed E-state index contributed by atoms with van der Waals surface area (Å²) in [6.07, 6.45) is 4.95. The fraction of sp³-hybridized carbons (Fsp3) is 0.500. The van der Waals surface area contributed by atoms with Crippen molar-refractivity contribution in [1.29, 1.82) is 0 Å². The largest absolute Gasteiger partial charge is 0.369 e. The first-order chi connectivity index (χ1) is 7.14. The molecule has 2 atom stereocenters. The molecule has 0 aromatic carbocycles. The Morgan fingerprint density at radius 1 is 1.67 bits per heavy atom. The van der Waals surface area contributed by atoms with Gasteiger partial charge in [0.25, 0.3) is 0 Å². The third-order valence-electron chi connectivity index (χ3n) is 3.10. The first-order valence-electron chi connectivity index (χ1n) is 4.91. The van der Waals surface area contributed by atoms with Crippen LogP contribution in [0.3, 0.4) is 0 Å². The van der Waals surface area contributed by atoms with Gasteiger partial charge in [0.2, 0.25) is 5.91 Å². The Labute approximate surface area is 88.1 Å². The maximum atomic E-state index is 11.3. The van der Waals surface area contributed by atoms with Crippen LogP contribution in [0.15, 0.2) is 18.6 Å². The van der Waals surface area contributed by atoms with Crippen molar-refractivity contribution in [2.24, 2.45) is 11.7 Å². The van der Waals surface area contributed by atoms with Gasteiger partial charge >= 0.3 is 0 Å². The van der Waals surface area contributed by atoms with Crippen molar-refractivity contribution in [3.63, 3.8) is 0 Å². The average Bonchev–Trinajstić information content (AvgIpc) is 2.63. The Balaban J connectivity index is 2.37. The number of carbonyl (C=O) groups is 1. The van der Waals surface area contributed by atoms with Gasteiger partial charge < -0.3 is 11.1 Å². The van der Waals surface area contributed by atoms with Crippen LogP contribution in [0.2, 0.25) is 0 Å². The van der Waals surface area contributed by atoms with Crippen LogP contribution in [0.1, 0.15) is 12.6 Å². The molecule has 3 N–H and O–H groups in total. The molecule has 0 aliphatic carbocycles. The van der Waals surface area contributed by atoms with Gasteiger partial charge in [-0.2, -0.15) is 0 Å². The van der Waals surface area contributed by atoms with Crippen molar-refractivity contribution >= 4 is 5.91 Å². The van der Waals surface area contributed by atoms with Gasteiger partial charge in [0.1, 0.15) is 0 Å². The van der Waals surface area contributed by atoms with Crippen LogP contribution in [0.4, 0.5) is 0 Å². The molecule has 0 spiro atoms. The van der Waals surface area contributed by atoms with Gasteiger partial charge in [-0.1, -0.05) is 6.92 Å². The predicted octanol–water partition coefficient (Wildman–Crippen LogP) is -0.561. The fourth-order valence-corrected chi connectivity index (χ4v) is 2.10. The molecule has 0 saturated carbocycles. The van der Waals surface area contributed by atoms with E-state index < -0.39 is 0 Å². The molecule has 0 radical (unpaired) electrons. The minimum Gasteiger partial charge on any atom is -0.369 e. The fourth-order valence-electron chi connectivity index (χ4n) is 2.10. The summed E-state index contributed by atoms with van der Waals surface area (Å²) >= 11 is 0. The molecule has 1 amide bonds. The molecule has 5 nitrogen and oxygen atoms in total. The van der Waals surface area contributed by atoms with Crippen molar-refractivity contribution < 1.29 is 4.79 Å². The molecular formula is C10H14N4O. The van der Waals surface area contributed by atoms with Gasteiger partial charge in [-0.25, -0.2) is 0 Å². The third-order valence-corrected chi connectivity index (χ3v) is 3.10. The Morgan fingerprint density at radius 2 is 2.47 bits per heavy atom. The number of hydrogen-bond acceptors (Lipinski definition) is 4. The van der Waals surface area contributed by atoms with E-state index in [1.165, 1.54) is 0 Å². The van der Waals surface area contributed by atoms with Crippen molar-refractivity contribution in [2.75, 3.05) is 13.1 Å². The number of carbonyl (C=O) groups excluding carboxylic acids is 1. The summed E-state index contributed by atoms with van der Waals surface area (Å²) in [5, 5.41) is 3.17. The highest BCUT2D eigenvalue weighted by Crippen LogP contribution is 2.33. The average molecular weight is 206 g/mol. The lowest BCUT2D eigenvalue weighted by Crippen LogP contribution is -2.40. The number of primary amides is 1. The first-order valence-corrected chi connectivity index (χ1v) is 4.91. The number of nitrogens with one attached hydrogen (secondary N) is 1. The Hall–Kier alpha value is -1.49. The Morgan fingerprint density at radius 3 is 3.07 bits per heavy atom. The van der Waals surface area contributed by atoms with Crippen LogP contribution in [-0.2, 0) is 10.2 Å². The quantitative estimate of drug-likeness (QED) is 0.679. The highest BCUT2D eigenvalue weighted by molar-refractivity contribution is 5.79. The topological polar surface area (TPSA) is 80.9 Å². The van der Waals surface area contributed by atoms with Crippen LogP contribution >= 0.6 is 0 Å². The number of nitrogens with zero attached hydrogens (tertiary/aromatic N) is 2. The highest BCUT2D eigenvalue weighted by atomic mass is 16.1. The maximum Gasteiger partial charge on any atom is 0.222 e. The summed E-state index contributed by atoms with van der Waals surface area (Å²) in [4.78, 5) is 19.6. The summed E-state index contributed by atoms with van der Waals surface area (Å²) in [7, 11) is 0. The van der Waals surface area contributed by atoms with Gasteiger partial charge in [0, 0.05) is 37.1 Å². The zero-order chi connectivity index (χ0) is 10.9. The lowest BCUT2D eigenvalue weighted by atomic mass is 9.77. The van der Waals surface area contributed by atoms with Crippen molar-refractivity contribution in [3.8, 4) is 0 Å². The normalized spacial score (nSPS) is 30.3. The number of rotatable bonds is 2. The van der Waals surface area contributed by atoms with Gasteiger partial charge in [-0.3, -0.25) is 14.8 Å². The van der Waals surface area contributed by atoms with Gasteiger partial charge in [0.05, 0.1) is 11.6 Å². The number of nitrogens with two attached hydrogens (primary N) is 1. The van der Waals surface area contributed by atoms with Crippen LogP contribution < -0.4 is 11.1 Å². The summed E-state index contributed by atoms with van der Waals surface area (Å²) < 4.78 is 0. The molecule has 1 fully saturated rings. The molecule has 1 aromatic rings. The lowest BCUT2D eigenvalue weighted by Gasteiger charge is -2.27. The molecule has 80 valence electrons. The van der Waals surface area contributed by atoms with Crippen LogP contribution in [0, 0.1) is 5.92 Å². The standard InChI is InChI=1S/C10H14N4O/c1-10(8-5-12-2-3-14-8)6-13-4-7(10)9(11)15/h2-3,5,7,13H,4,6H2,1H3,(H2,11,15). The zero-order valence-corrected chi connectivity index (χ0v) is 8.60. The van der Waals surface area contributed by atoms with Crippen molar-refractivity contribution in [1.82, 2.24) is 15.3 Å². The van der Waals surface area contributed by atoms with E-state index in [0.29, 0.717) is 13.1 Å². The van der Waals surface area contributed by atoms with E-state index in [0.717, 1.165) is 5.69 Å². The smallest absolute Gasteiger partial charge is 0.222 e. The highest BCUT2D eigenvalue weighted by Gasteiger charge is 2.44. The number of hydrogen-bond donors (Lipinski definition) is 2. The van der Waals surface area contributed by atoms with Gasteiger partial charge in [0.15, 0.2) is 0 Å². The molecule has 1 aliphatic rings. The van der Waals surface area contributed by atoms with E-state index in [2.05, 4.69) is 15.3 Å². The zero-order valence-electron chi connectivity index (χ0n) is 8.60. The summed E-state index contributed by atoms with van der Waals surface area (Å²) in [5.41, 5.74) is 5.87. The molecule has 5 heteroatoms. The molecule has 2 heterocycles. The summed E-state index contributed by atoms with van der Waals surface area (Å²) in [6, 6.07) is 0. The molecular weight excluding hydrogens is 192 g/mol. The first kappa shape index (κ1) is 10.0. The SMILES string of the molecule is CC1(c2cnccn2)CNCC1C(N)=O. The summed E-state index contributed by atoms with van der Waals surface area (Å²) in [5.74, 6) is -0.498. The molecule has 1 aromatic heterocycles. The van der Waals surface area contributed by atoms with Crippen LogP contribution in [-0.4, -0.2) is 29.0 Å². The third kappa shape index (κ3) is 1.59. The second-order valence-electron chi connectivity index (χ2n) is 4.09. The van der Waals surface area contributed by atoms with Crippen molar-refractivity contribution in [2.45, 2.75) is 12.3 Å². The minimum absolute atomic E-state index is 0.214. The molecule has 2 unspecified atom stereocenters. The molecule has 2 rings (SSSR count). The van der Waals surface area contributed by atoms with E-state index in [1.54, 1.807) is 18.6 Å². The van der Waals surface area contributed by atoms with Crippen LogP contribution in [0.25, 0.3) is 0 Å². The molecule has 15 heavy (non-hydrogen) atoms. The van der Waals surface area contributed by atoms with E-state index in [1.807, 2.05) is 6.92 Å². The monoisotopic (exact) mass is 206 g/mol. The maximum absolute atomic E-state index is 11.3. The van der Waals surface area contributed by atoms with E-state index in [9.17, 15) is 4.79 Å². The lowest BCUT2D eigenvalue weighted by molar-refractivity contribution is -0.122. The van der Waals surface area contributed by atoms with E-state index in [4.69, 9.17) is 5.73 Å². The van der Waals surface area contributed by atoms with E-state index >= 15 is 0 Å². The Kier molecular flexibility index (Phi) is 2.40. The summed E-state index contributed by atoms with van der Waals surface area (Å²) in [6.45, 7) is 3.31. The van der Waals surface area contributed by atoms with Gasteiger partial charge in [-0.15, -0.1) is 0 Å². The molecule has 0 bridgehead atoms. The second-order valence-corrected chi connectivity index (χ2v) is 4.09. The number of aromatic nitrogens is 2. The van der Waals surface area contributed by atoms with E-state index in [-0.39, 0.29) is 17.2 Å².